The molecule has 2 rings (SSSR count). The van der Waals surface area contributed by atoms with Gasteiger partial charge in [-0.1, -0.05) is 31.5 Å². The van der Waals surface area contributed by atoms with Crippen LogP contribution in [0.5, 0.6) is 0 Å². The van der Waals surface area contributed by atoms with Crippen molar-refractivity contribution in [2.75, 3.05) is 11.9 Å². The van der Waals surface area contributed by atoms with Gasteiger partial charge in [0.15, 0.2) is 0 Å². The first-order chi connectivity index (χ1) is 7.58. The van der Waals surface area contributed by atoms with Crippen LogP contribution in [0.3, 0.4) is 0 Å². The highest BCUT2D eigenvalue weighted by molar-refractivity contribution is 6.31. The molecule has 0 bridgehead atoms. The lowest BCUT2D eigenvalue weighted by Gasteiger charge is -2.13. The molecule has 1 aliphatic heterocycles. The van der Waals surface area contributed by atoms with Crippen molar-refractivity contribution in [3.63, 3.8) is 0 Å². The van der Waals surface area contributed by atoms with Crippen LogP contribution in [0.4, 0.5) is 5.69 Å². The average molecular weight is 239 g/mol. The lowest BCUT2D eigenvalue weighted by atomic mass is 10.1. The lowest BCUT2D eigenvalue weighted by molar-refractivity contribution is -0.117. The molecular weight excluding hydrogens is 224 g/mol. The summed E-state index contributed by atoms with van der Waals surface area (Å²) in [4.78, 5) is 11.7. The third-order valence-corrected chi connectivity index (χ3v) is 2.81. The van der Waals surface area contributed by atoms with Crippen LogP contribution in [0, 0.1) is 5.92 Å². The molecule has 1 aromatic carbocycles. The molecular formula is C12H15ClN2O. The highest BCUT2D eigenvalue weighted by Gasteiger charge is 2.29. The molecule has 1 unspecified atom stereocenters. The fraction of sp³-hybridized carbons (Fsp3) is 0.417. The van der Waals surface area contributed by atoms with Crippen LogP contribution < -0.4 is 10.6 Å². The Hall–Kier alpha value is -1.06. The Bertz CT molecular complexity index is 417. The van der Waals surface area contributed by atoms with E-state index in [-0.39, 0.29) is 11.9 Å². The second kappa shape index (κ2) is 4.44. The number of amides is 1. The van der Waals surface area contributed by atoms with Crippen molar-refractivity contribution in [3.05, 3.63) is 28.8 Å². The highest BCUT2D eigenvalue weighted by atomic mass is 35.5. The van der Waals surface area contributed by atoms with Gasteiger partial charge in [0.2, 0.25) is 5.91 Å². The van der Waals surface area contributed by atoms with Crippen molar-refractivity contribution in [3.8, 4) is 0 Å². The Morgan fingerprint density at radius 2 is 2.25 bits per heavy atom. The molecule has 1 aromatic rings. The number of carbonyl (C=O) groups excluding carboxylic acids is 1. The molecule has 2 N–H and O–H groups in total. The highest BCUT2D eigenvalue weighted by Crippen LogP contribution is 2.32. The first-order valence-electron chi connectivity index (χ1n) is 5.41. The molecule has 1 aliphatic rings. The van der Waals surface area contributed by atoms with Crippen molar-refractivity contribution in [2.24, 2.45) is 5.92 Å². The van der Waals surface area contributed by atoms with Gasteiger partial charge >= 0.3 is 0 Å². The topological polar surface area (TPSA) is 41.1 Å². The van der Waals surface area contributed by atoms with E-state index in [2.05, 4.69) is 24.5 Å². The lowest BCUT2D eigenvalue weighted by Crippen LogP contribution is -2.30. The maximum atomic E-state index is 11.7. The van der Waals surface area contributed by atoms with E-state index in [1.807, 2.05) is 12.1 Å². The molecule has 0 spiro atoms. The second-order valence-electron chi connectivity index (χ2n) is 4.46. The number of hydrogen-bond donors (Lipinski definition) is 2. The third kappa shape index (κ3) is 2.20. The van der Waals surface area contributed by atoms with Gasteiger partial charge in [0.1, 0.15) is 6.04 Å². The van der Waals surface area contributed by atoms with Gasteiger partial charge in [0.05, 0.1) is 0 Å². The normalized spacial score (nSPS) is 18.8. The summed E-state index contributed by atoms with van der Waals surface area (Å²) in [5, 5.41) is 6.72. The van der Waals surface area contributed by atoms with E-state index in [4.69, 9.17) is 11.6 Å². The summed E-state index contributed by atoms with van der Waals surface area (Å²) in [5.41, 5.74) is 1.80. The molecule has 3 nitrogen and oxygen atoms in total. The first-order valence-corrected chi connectivity index (χ1v) is 5.79. The summed E-state index contributed by atoms with van der Waals surface area (Å²) in [6.07, 6.45) is 0. The van der Waals surface area contributed by atoms with Crippen LogP contribution >= 0.6 is 11.6 Å². The van der Waals surface area contributed by atoms with Gasteiger partial charge < -0.3 is 10.6 Å². The van der Waals surface area contributed by atoms with Crippen LogP contribution in [0.15, 0.2) is 18.2 Å². The van der Waals surface area contributed by atoms with E-state index in [0.717, 1.165) is 17.8 Å². The third-order valence-electron chi connectivity index (χ3n) is 2.58. The predicted octanol–water partition coefficient (Wildman–Crippen LogP) is 2.58. The van der Waals surface area contributed by atoms with E-state index in [1.54, 1.807) is 6.07 Å². The van der Waals surface area contributed by atoms with E-state index >= 15 is 0 Å². The standard InChI is InChI=1S/C12H15ClN2O/c1-7(2)6-14-11-9-4-3-8(13)5-10(9)15-12(11)16/h3-5,7,11,14H,6H2,1-2H3,(H,15,16). The Kier molecular flexibility index (Phi) is 3.17. The SMILES string of the molecule is CC(C)CNC1C(=O)Nc2cc(Cl)ccc21. The summed E-state index contributed by atoms with van der Waals surface area (Å²) in [7, 11) is 0. The average Bonchev–Trinajstić information content (AvgIpc) is 2.50. The van der Waals surface area contributed by atoms with Crippen molar-refractivity contribution in [2.45, 2.75) is 19.9 Å². The van der Waals surface area contributed by atoms with Crippen molar-refractivity contribution in [1.82, 2.24) is 5.32 Å². The van der Waals surface area contributed by atoms with Gasteiger partial charge in [-0.3, -0.25) is 4.79 Å². The molecule has 0 fully saturated rings. The van der Waals surface area contributed by atoms with E-state index < -0.39 is 0 Å². The molecule has 0 radical (unpaired) electrons. The molecule has 16 heavy (non-hydrogen) atoms. The molecule has 4 heteroatoms. The Morgan fingerprint density at radius 3 is 2.94 bits per heavy atom. The number of nitrogens with one attached hydrogen (secondary N) is 2. The zero-order valence-electron chi connectivity index (χ0n) is 9.38. The van der Waals surface area contributed by atoms with Crippen LogP contribution in [-0.2, 0) is 4.79 Å². The maximum absolute atomic E-state index is 11.7. The number of hydrogen-bond acceptors (Lipinski definition) is 2. The molecule has 86 valence electrons. The zero-order valence-corrected chi connectivity index (χ0v) is 10.1. The first kappa shape index (κ1) is 11.4. The van der Waals surface area contributed by atoms with Crippen molar-refractivity contribution < 1.29 is 4.79 Å². The smallest absolute Gasteiger partial charge is 0.246 e. The molecule has 1 atom stereocenters. The quantitative estimate of drug-likeness (QED) is 0.850. The minimum Gasteiger partial charge on any atom is -0.324 e. The summed E-state index contributed by atoms with van der Waals surface area (Å²) in [6.45, 7) is 5.05. The van der Waals surface area contributed by atoms with Gasteiger partial charge in [-0.15, -0.1) is 0 Å². The fourth-order valence-corrected chi connectivity index (χ4v) is 1.96. The predicted molar refractivity (Wildman–Crippen MR) is 65.7 cm³/mol. The van der Waals surface area contributed by atoms with Crippen LogP contribution in [-0.4, -0.2) is 12.5 Å². The second-order valence-corrected chi connectivity index (χ2v) is 4.89. The summed E-state index contributed by atoms with van der Waals surface area (Å²) >= 11 is 5.87. The minimum absolute atomic E-state index is 0.00193. The van der Waals surface area contributed by atoms with Crippen molar-refractivity contribution in [1.29, 1.82) is 0 Å². The number of rotatable bonds is 3. The van der Waals surface area contributed by atoms with E-state index in [1.165, 1.54) is 0 Å². The number of anilines is 1. The minimum atomic E-state index is -0.241. The number of halogens is 1. The zero-order chi connectivity index (χ0) is 11.7. The molecule has 0 saturated heterocycles. The fourth-order valence-electron chi connectivity index (χ4n) is 1.79. The van der Waals surface area contributed by atoms with Gasteiger partial charge in [0, 0.05) is 16.3 Å². The molecule has 0 aliphatic carbocycles. The summed E-state index contributed by atoms with van der Waals surface area (Å²) in [6, 6.07) is 5.25. The molecule has 1 amide bonds. The largest absolute Gasteiger partial charge is 0.324 e. The Morgan fingerprint density at radius 1 is 1.50 bits per heavy atom. The summed E-state index contributed by atoms with van der Waals surface area (Å²) in [5.74, 6) is 0.516. The van der Waals surface area contributed by atoms with Crippen LogP contribution in [0.2, 0.25) is 5.02 Å². The van der Waals surface area contributed by atoms with Gasteiger partial charge in [-0.05, 0) is 24.6 Å². The van der Waals surface area contributed by atoms with Gasteiger partial charge in [0.25, 0.3) is 0 Å². The van der Waals surface area contributed by atoms with Crippen LogP contribution in [0.1, 0.15) is 25.5 Å². The maximum Gasteiger partial charge on any atom is 0.246 e. The van der Waals surface area contributed by atoms with E-state index in [0.29, 0.717) is 10.9 Å². The van der Waals surface area contributed by atoms with Gasteiger partial charge in [-0.25, -0.2) is 0 Å². The summed E-state index contributed by atoms with van der Waals surface area (Å²) < 4.78 is 0. The Balaban J connectivity index is 2.19. The van der Waals surface area contributed by atoms with E-state index in [9.17, 15) is 4.79 Å². The number of benzene rings is 1. The molecule has 1 heterocycles. The monoisotopic (exact) mass is 238 g/mol. The van der Waals surface area contributed by atoms with Crippen molar-refractivity contribution >= 4 is 23.2 Å². The molecule has 0 saturated carbocycles. The molecule has 0 aromatic heterocycles. The van der Waals surface area contributed by atoms with Gasteiger partial charge in [-0.2, -0.15) is 0 Å². The van der Waals surface area contributed by atoms with Crippen LogP contribution in [0.25, 0.3) is 0 Å². The Labute approximate surface area is 100 Å². The number of fused-ring (bicyclic) bond motifs is 1. The number of carbonyl (C=O) groups is 1.